The fraction of sp³-hybridized carbons (Fsp3) is 0.625. The lowest BCUT2D eigenvalue weighted by Gasteiger charge is -2.04. The molecule has 0 saturated heterocycles. The van der Waals surface area contributed by atoms with Crippen LogP contribution in [0.5, 0.6) is 0 Å². The lowest BCUT2D eigenvalue weighted by molar-refractivity contribution is 0.638. The fourth-order valence-electron chi connectivity index (χ4n) is 0.915. The van der Waals surface area contributed by atoms with Gasteiger partial charge in [-0.25, -0.2) is 4.98 Å². The topological polar surface area (TPSA) is 38.9 Å². The lowest BCUT2D eigenvalue weighted by atomic mass is 10.1. The molecule has 1 atom stereocenters. The zero-order chi connectivity index (χ0) is 8.27. The summed E-state index contributed by atoms with van der Waals surface area (Å²) in [6.45, 7) is 4.12. The predicted octanol–water partition coefficient (Wildman–Crippen LogP) is 1.73. The number of nitrogens with two attached hydrogens (primary N) is 1. The van der Waals surface area contributed by atoms with Gasteiger partial charge in [-0.05, 0) is 13.3 Å². The van der Waals surface area contributed by atoms with E-state index < -0.39 is 0 Å². The van der Waals surface area contributed by atoms with Gasteiger partial charge < -0.3 is 5.73 Å². The van der Waals surface area contributed by atoms with Crippen LogP contribution in [0, 0.1) is 6.92 Å². The van der Waals surface area contributed by atoms with E-state index in [0.717, 1.165) is 23.5 Å². The van der Waals surface area contributed by atoms with Crippen LogP contribution in [0.2, 0.25) is 0 Å². The third-order valence-corrected chi connectivity index (χ3v) is 2.48. The number of hydrogen-bond donors (Lipinski definition) is 1. The van der Waals surface area contributed by atoms with Gasteiger partial charge in [0.25, 0.3) is 0 Å². The summed E-state index contributed by atoms with van der Waals surface area (Å²) in [6, 6.07) is 0.275. The monoisotopic (exact) mass is 170 g/mol. The number of aromatic nitrogens is 1. The molecule has 11 heavy (non-hydrogen) atoms. The molecule has 0 unspecified atom stereocenters. The van der Waals surface area contributed by atoms with Gasteiger partial charge in [0.05, 0.1) is 10.7 Å². The second-order valence-corrected chi connectivity index (χ2v) is 3.79. The van der Waals surface area contributed by atoms with E-state index in [0.29, 0.717) is 0 Å². The Kier molecular flexibility index (Phi) is 3.02. The standard InChI is InChI=1S/C8H14N2S/c1-3-7(9)4-8-5-11-6(2)10-8/h5,7H,3-4,9H2,1-2H3/t7-/m1/s1. The van der Waals surface area contributed by atoms with Crippen molar-refractivity contribution in [1.82, 2.24) is 4.98 Å². The molecule has 0 aliphatic rings. The molecule has 0 aromatic carbocycles. The van der Waals surface area contributed by atoms with Crippen LogP contribution in [0.1, 0.15) is 24.0 Å². The van der Waals surface area contributed by atoms with Gasteiger partial charge in [-0.1, -0.05) is 6.92 Å². The number of hydrogen-bond acceptors (Lipinski definition) is 3. The second kappa shape index (κ2) is 3.83. The van der Waals surface area contributed by atoms with E-state index in [4.69, 9.17) is 5.73 Å². The number of rotatable bonds is 3. The van der Waals surface area contributed by atoms with Crippen molar-refractivity contribution in [2.24, 2.45) is 5.73 Å². The Hall–Kier alpha value is -0.410. The lowest BCUT2D eigenvalue weighted by Crippen LogP contribution is -2.21. The van der Waals surface area contributed by atoms with Crippen molar-refractivity contribution in [3.8, 4) is 0 Å². The normalized spacial score (nSPS) is 13.4. The Morgan fingerprint density at radius 1 is 1.73 bits per heavy atom. The van der Waals surface area contributed by atoms with Crippen LogP contribution in [-0.2, 0) is 6.42 Å². The van der Waals surface area contributed by atoms with Gasteiger partial charge in [0.1, 0.15) is 0 Å². The average molecular weight is 170 g/mol. The molecule has 1 aromatic heterocycles. The van der Waals surface area contributed by atoms with Gasteiger partial charge in [0.15, 0.2) is 0 Å². The molecule has 0 aliphatic heterocycles. The molecular weight excluding hydrogens is 156 g/mol. The third kappa shape index (κ3) is 2.60. The van der Waals surface area contributed by atoms with Crippen molar-refractivity contribution in [3.05, 3.63) is 16.1 Å². The first-order valence-electron chi connectivity index (χ1n) is 3.89. The van der Waals surface area contributed by atoms with Gasteiger partial charge in [-0.15, -0.1) is 11.3 Å². The first kappa shape index (κ1) is 8.68. The van der Waals surface area contributed by atoms with E-state index >= 15 is 0 Å². The van der Waals surface area contributed by atoms with Crippen molar-refractivity contribution < 1.29 is 0 Å². The van der Waals surface area contributed by atoms with E-state index in [9.17, 15) is 0 Å². The minimum atomic E-state index is 0.275. The summed E-state index contributed by atoms with van der Waals surface area (Å²) in [5.41, 5.74) is 6.92. The zero-order valence-corrected chi connectivity index (χ0v) is 7.82. The van der Waals surface area contributed by atoms with Crippen LogP contribution in [0.3, 0.4) is 0 Å². The van der Waals surface area contributed by atoms with Gasteiger partial charge in [0.2, 0.25) is 0 Å². The minimum Gasteiger partial charge on any atom is -0.327 e. The van der Waals surface area contributed by atoms with Crippen molar-refractivity contribution in [1.29, 1.82) is 0 Å². The highest BCUT2D eigenvalue weighted by atomic mass is 32.1. The summed E-state index contributed by atoms with van der Waals surface area (Å²) < 4.78 is 0. The molecule has 1 heterocycles. The van der Waals surface area contributed by atoms with E-state index in [1.54, 1.807) is 11.3 Å². The molecule has 0 bridgehead atoms. The highest BCUT2D eigenvalue weighted by Crippen LogP contribution is 2.09. The molecule has 3 heteroatoms. The molecule has 0 aliphatic carbocycles. The van der Waals surface area contributed by atoms with Crippen molar-refractivity contribution >= 4 is 11.3 Å². The minimum absolute atomic E-state index is 0.275. The van der Waals surface area contributed by atoms with E-state index in [1.807, 2.05) is 6.92 Å². The van der Waals surface area contributed by atoms with Crippen LogP contribution in [-0.4, -0.2) is 11.0 Å². The molecule has 0 saturated carbocycles. The molecule has 1 rings (SSSR count). The largest absolute Gasteiger partial charge is 0.327 e. The number of thiazole rings is 1. The van der Waals surface area contributed by atoms with E-state index in [1.165, 1.54) is 0 Å². The quantitative estimate of drug-likeness (QED) is 0.750. The highest BCUT2D eigenvalue weighted by molar-refractivity contribution is 7.09. The summed E-state index contributed by atoms with van der Waals surface area (Å²) in [5.74, 6) is 0. The van der Waals surface area contributed by atoms with Crippen LogP contribution in [0.25, 0.3) is 0 Å². The Balaban J connectivity index is 2.50. The van der Waals surface area contributed by atoms with Gasteiger partial charge >= 0.3 is 0 Å². The molecule has 0 amide bonds. The maximum Gasteiger partial charge on any atom is 0.0897 e. The Bertz CT molecular complexity index is 220. The zero-order valence-electron chi connectivity index (χ0n) is 7.00. The van der Waals surface area contributed by atoms with Crippen molar-refractivity contribution in [3.63, 3.8) is 0 Å². The summed E-state index contributed by atoms with van der Waals surface area (Å²) in [6.07, 6.45) is 1.94. The van der Waals surface area contributed by atoms with Crippen LogP contribution in [0.4, 0.5) is 0 Å². The van der Waals surface area contributed by atoms with E-state index in [2.05, 4.69) is 17.3 Å². The molecule has 0 spiro atoms. The number of aryl methyl sites for hydroxylation is 1. The van der Waals surface area contributed by atoms with Gasteiger partial charge in [-0.3, -0.25) is 0 Å². The SMILES string of the molecule is CC[C@@H](N)Cc1csc(C)n1. The average Bonchev–Trinajstić information content (AvgIpc) is 2.35. The van der Waals surface area contributed by atoms with Crippen LogP contribution < -0.4 is 5.73 Å². The Labute approximate surface area is 71.5 Å². The maximum atomic E-state index is 5.78. The molecule has 2 N–H and O–H groups in total. The summed E-state index contributed by atoms with van der Waals surface area (Å²) in [5, 5.41) is 3.22. The molecule has 62 valence electrons. The number of nitrogens with zero attached hydrogens (tertiary/aromatic N) is 1. The van der Waals surface area contributed by atoms with Crippen LogP contribution >= 0.6 is 11.3 Å². The molecule has 1 aromatic rings. The highest BCUT2D eigenvalue weighted by Gasteiger charge is 2.03. The second-order valence-electron chi connectivity index (χ2n) is 2.73. The smallest absolute Gasteiger partial charge is 0.0897 e. The first-order chi connectivity index (χ1) is 5.22. The summed E-state index contributed by atoms with van der Waals surface area (Å²) in [4.78, 5) is 4.34. The van der Waals surface area contributed by atoms with Crippen LogP contribution in [0.15, 0.2) is 5.38 Å². The molecule has 0 fully saturated rings. The predicted molar refractivity (Wildman–Crippen MR) is 48.8 cm³/mol. The molecule has 2 nitrogen and oxygen atoms in total. The molecule has 0 radical (unpaired) electrons. The Morgan fingerprint density at radius 2 is 2.45 bits per heavy atom. The van der Waals surface area contributed by atoms with E-state index in [-0.39, 0.29) is 6.04 Å². The summed E-state index contributed by atoms with van der Waals surface area (Å²) >= 11 is 1.69. The van der Waals surface area contributed by atoms with Gasteiger partial charge in [-0.2, -0.15) is 0 Å². The van der Waals surface area contributed by atoms with Gasteiger partial charge in [0, 0.05) is 17.8 Å². The fourth-order valence-corrected chi connectivity index (χ4v) is 1.54. The summed E-state index contributed by atoms with van der Waals surface area (Å²) in [7, 11) is 0. The molecular formula is C8H14N2S. The van der Waals surface area contributed by atoms with Crippen molar-refractivity contribution in [2.45, 2.75) is 32.7 Å². The third-order valence-electron chi connectivity index (χ3n) is 1.66. The Morgan fingerprint density at radius 3 is 2.91 bits per heavy atom. The first-order valence-corrected chi connectivity index (χ1v) is 4.77. The van der Waals surface area contributed by atoms with Crippen molar-refractivity contribution in [2.75, 3.05) is 0 Å². The maximum absolute atomic E-state index is 5.78.